The average Bonchev–Trinajstić information content (AvgIpc) is 2.43. The number of hydrogen-bond donors (Lipinski definition) is 2. The van der Waals surface area contributed by atoms with E-state index in [0.29, 0.717) is 16.7 Å². The van der Waals surface area contributed by atoms with Crippen LogP contribution in [0.4, 0.5) is 5.82 Å². The van der Waals surface area contributed by atoms with Crippen molar-refractivity contribution in [1.29, 1.82) is 0 Å². The number of Topliss-reactive ketones (excluding diaryl/α,β-unsaturated/α-hetero) is 1. The number of nitrogens with zero attached hydrogens (tertiary/aromatic N) is 2. The molecule has 0 aliphatic heterocycles. The van der Waals surface area contributed by atoms with Crippen LogP contribution in [-0.2, 0) is 9.59 Å². The minimum Gasteiger partial charge on any atom is -0.289 e. The number of para-hydroxylation sites is 1. The van der Waals surface area contributed by atoms with E-state index in [1.54, 1.807) is 19.1 Å². The fourth-order valence-electron chi connectivity index (χ4n) is 1.49. The zero-order valence-electron chi connectivity index (χ0n) is 10.1. The molecule has 0 aliphatic rings. The molecule has 7 heteroatoms. The van der Waals surface area contributed by atoms with E-state index < -0.39 is 11.7 Å². The van der Waals surface area contributed by atoms with Crippen molar-refractivity contribution < 1.29 is 9.59 Å². The first kappa shape index (κ1) is 13.2. The molecule has 2 rings (SSSR count). The number of anilines is 1. The molecule has 1 amide bonds. The van der Waals surface area contributed by atoms with E-state index in [1.807, 2.05) is 12.1 Å². The van der Waals surface area contributed by atoms with Crippen molar-refractivity contribution in [3.8, 4) is 0 Å². The summed E-state index contributed by atoms with van der Waals surface area (Å²) in [6.45, 7) is 1.61. The molecule has 1 aromatic carbocycles. The summed E-state index contributed by atoms with van der Waals surface area (Å²) in [6.07, 6.45) is 0.138. The fraction of sp³-hybridized carbons (Fsp3) is 0.167. The van der Waals surface area contributed by atoms with E-state index in [1.165, 1.54) is 0 Å². The summed E-state index contributed by atoms with van der Waals surface area (Å²) in [5.41, 5.74) is 5.51. The van der Waals surface area contributed by atoms with E-state index >= 15 is 0 Å². The van der Waals surface area contributed by atoms with Crippen molar-refractivity contribution in [2.45, 2.75) is 13.3 Å². The number of amides is 1. The number of hydrogen-bond acceptors (Lipinski definition) is 5. The maximum atomic E-state index is 11.4. The highest BCUT2D eigenvalue weighted by atomic mass is 35.5. The van der Waals surface area contributed by atoms with Crippen LogP contribution in [0.15, 0.2) is 24.3 Å². The lowest BCUT2D eigenvalue weighted by Crippen LogP contribution is -2.35. The van der Waals surface area contributed by atoms with Crippen LogP contribution in [0.2, 0.25) is 5.28 Å². The molecule has 0 radical (unpaired) electrons. The Morgan fingerprint density at radius 1 is 1.26 bits per heavy atom. The third kappa shape index (κ3) is 2.97. The van der Waals surface area contributed by atoms with Gasteiger partial charge < -0.3 is 0 Å². The number of nitrogens with one attached hydrogen (secondary N) is 2. The van der Waals surface area contributed by atoms with E-state index in [0.717, 1.165) is 0 Å². The normalized spacial score (nSPS) is 10.2. The van der Waals surface area contributed by atoms with E-state index in [4.69, 9.17) is 11.6 Å². The number of fused-ring (bicyclic) bond motifs is 1. The number of carbonyl (C=O) groups excluding carboxylic acids is 2. The second-order valence-corrected chi connectivity index (χ2v) is 4.05. The second kappa shape index (κ2) is 5.62. The first-order valence-corrected chi connectivity index (χ1v) is 6.01. The Morgan fingerprint density at radius 3 is 2.74 bits per heavy atom. The van der Waals surface area contributed by atoms with Gasteiger partial charge in [0.1, 0.15) is 0 Å². The molecule has 6 nitrogen and oxygen atoms in total. The molecule has 0 atom stereocenters. The summed E-state index contributed by atoms with van der Waals surface area (Å²) in [5.74, 6) is -0.897. The van der Waals surface area contributed by atoms with Crippen molar-refractivity contribution in [3.63, 3.8) is 0 Å². The van der Waals surface area contributed by atoms with E-state index in [2.05, 4.69) is 20.8 Å². The van der Waals surface area contributed by atoms with Crippen LogP contribution < -0.4 is 10.9 Å². The Hall–Kier alpha value is -2.21. The molecule has 0 saturated carbocycles. The second-order valence-electron chi connectivity index (χ2n) is 3.71. The first-order valence-electron chi connectivity index (χ1n) is 5.63. The number of ketones is 1. The summed E-state index contributed by atoms with van der Waals surface area (Å²) in [7, 11) is 0. The number of halogens is 1. The van der Waals surface area contributed by atoms with Gasteiger partial charge in [-0.2, -0.15) is 4.98 Å². The minimum absolute atomic E-state index is 0.0530. The number of benzene rings is 1. The standard InChI is InChI=1S/C12H11ClN4O2/c1-2-9(18)11(19)17-16-10-7-5-3-4-6-8(7)14-12(13)15-10/h3-6H,2H2,1H3,(H,17,19)(H,14,15,16). The van der Waals surface area contributed by atoms with Crippen LogP contribution in [0, 0.1) is 0 Å². The topological polar surface area (TPSA) is 84.0 Å². The predicted molar refractivity (Wildman–Crippen MR) is 71.6 cm³/mol. The maximum absolute atomic E-state index is 11.4. The Morgan fingerprint density at radius 2 is 2.00 bits per heavy atom. The minimum atomic E-state index is -0.721. The van der Waals surface area contributed by atoms with E-state index in [-0.39, 0.29) is 11.7 Å². The van der Waals surface area contributed by atoms with Crippen molar-refractivity contribution in [3.05, 3.63) is 29.5 Å². The van der Waals surface area contributed by atoms with Crippen LogP contribution in [0.3, 0.4) is 0 Å². The molecular formula is C12H11ClN4O2. The molecule has 0 fully saturated rings. The molecule has 2 N–H and O–H groups in total. The quantitative estimate of drug-likeness (QED) is 0.505. The van der Waals surface area contributed by atoms with Gasteiger partial charge in [-0.1, -0.05) is 19.1 Å². The largest absolute Gasteiger partial charge is 0.305 e. The van der Waals surface area contributed by atoms with Crippen molar-refractivity contribution in [2.24, 2.45) is 0 Å². The van der Waals surface area contributed by atoms with Crippen molar-refractivity contribution >= 4 is 40.0 Å². The summed E-state index contributed by atoms with van der Waals surface area (Å²) < 4.78 is 0. The summed E-state index contributed by atoms with van der Waals surface area (Å²) in [4.78, 5) is 30.5. The van der Waals surface area contributed by atoms with Crippen molar-refractivity contribution in [2.75, 3.05) is 5.43 Å². The predicted octanol–water partition coefficient (Wildman–Crippen LogP) is 1.71. The molecule has 0 aliphatic carbocycles. The average molecular weight is 279 g/mol. The van der Waals surface area contributed by atoms with Gasteiger partial charge in [-0.25, -0.2) is 4.98 Å². The zero-order valence-corrected chi connectivity index (χ0v) is 10.9. The molecule has 0 saturated heterocycles. The Kier molecular flexibility index (Phi) is 3.91. The van der Waals surface area contributed by atoms with Gasteiger partial charge in [0.15, 0.2) is 5.82 Å². The Bertz CT molecular complexity index is 645. The van der Waals surface area contributed by atoms with Gasteiger partial charge in [0, 0.05) is 11.8 Å². The third-order valence-electron chi connectivity index (χ3n) is 2.44. The Labute approximate surface area is 114 Å². The number of rotatable bonds is 4. The molecule has 0 unspecified atom stereocenters. The number of carbonyl (C=O) groups is 2. The SMILES string of the molecule is CCC(=O)C(=O)NNc1nc(Cl)nc2ccccc12. The lowest BCUT2D eigenvalue weighted by Gasteiger charge is -2.09. The number of aromatic nitrogens is 2. The molecular weight excluding hydrogens is 268 g/mol. The summed E-state index contributed by atoms with van der Waals surface area (Å²) in [6, 6.07) is 7.17. The first-order chi connectivity index (χ1) is 9.11. The highest BCUT2D eigenvalue weighted by Crippen LogP contribution is 2.20. The van der Waals surface area contributed by atoms with Crippen LogP contribution >= 0.6 is 11.6 Å². The van der Waals surface area contributed by atoms with Crippen LogP contribution in [0.5, 0.6) is 0 Å². The monoisotopic (exact) mass is 278 g/mol. The number of hydrazine groups is 1. The molecule has 1 heterocycles. The van der Waals surface area contributed by atoms with Crippen molar-refractivity contribution in [1.82, 2.24) is 15.4 Å². The van der Waals surface area contributed by atoms with Gasteiger partial charge in [0.25, 0.3) is 0 Å². The van der Waals surface area contributed by atoms with Crippen LogP contribution in [-0.4, -0.2) is 21.7 Å². The molecule has 0 bridgehead atoms. The van der Waals surface area contributed by atoms with E-state index in [9.17, 15) is 9.59 Å². The lowest BCUT2D eigenvalue weighted by molar-refractivity contribution is -0.137. The lowest BCUT2D eigenvalue weighted by atomic mass is 10.2. The van der Waals surface area contributed by atoms with Crippen LogP contribution in [0.25, 0.3) is 10.9 Å². The van der Waals surface area contributed by atoms with Crippen LogP contribution in [0.1, 0.15) is 13.3 Å². The van der Waals surface area contributed by atoms with Gasteiger partial charge in [-0.05, 0) is 23.7 Å². The highest BCUT2D eigenvalue weighted by Gasteiger charge is 2.12. The summed E-state index contributed by atoms with van der Waals surface area (Å²) in [5, 5.41) is 0.744. The smallest absolute Gasteiger partial charge is 0.289 e. The van der Waals surface area contributed by atoms with Gasteiger partial charge in [0.2, 0.25) is 11.1 Å². The molecule has 2 aromatic rings. The van der Waals surface area contributed by atoms with Gasteiger partial charge >= 0.3 is 5.91 Å². The zero-order chi connectivity index (χ0) is 13.8. The maximum Gasteiger partial charge on any atom is 0.305 e. The molecule has 1 aromatic heterocycles. The summed E-state index contributed by atoms with van der Waals surface area (Å²) >= 11 is 5.79. The molecule has 19 heavy (non-hydrogen) atoms. The van der Waals surface area contributed by atoms with Gasteiger partial charge in [-0.3, -0.25) is 20.4 Å². The molecule has 98 valence electrons. The van der Waals surface area contributed by atoms with Gasteiger partial charge in [0.05, 0.1) is 5.52 Å². The fourth-order valence-corrected chi connectivity index (χ4v) is 1.67. The highest BCUT2D eigenvalue weighted by molar-refractivity contribution is 6.36. The Balaban J connectivity index is 2.25. The third-order valence-corrected chi connectivity index (χ3v) is 2.61. The molecule has 0 spiro atoms. The van der Waals surface area contributed by atoms with Gasteiger partial charge in [-0.15, -0.1) is 0 Å².